The molecule has 0 radical (unpaired) electrons. The number of nitrogens with zero attached hydrogens (tertiary/aromatic N) is 2. The van der Waals surface area contributed by atoms with Crippen molar-refractivity contribution in [3.63, 3.8) is 0 Å². The van der Waals surface area contributed by atoms with Gasteiger partial charge >= 0.3 is 0 Å². The minimum atomic E-state index is -1.15. The Morgan fingerprint density at radius 1 is 1.05 bits per heavy atom. The van der Waals surface area contributed by atoms with Gasteiger partial charge in [-0.2, -0.15) is 0 Å². The zero-order valence-electron chi connectivity index (χ0n) is 21.1. The molecule has 2 fully saturated rings. The summed E-state index contributed by atoms with van der Waals surface area (Å²) in [6, 6.07) is 10.2. The lowest BCUT2D eigenvalue weighted by Crippen LogP contribution is -2.54. The van der Waals surface area contributed by atoms with E-state index in [2.05, 4.69) is 12.2 Å². The Hall–Kier alpha value is -4.08. The number of hydrogen-bond acceptors (Lipinski definition) is 4. The fourth-order valence-corrected chi connectivity index (χ4v) is 6.34. The number of hydrogen-bond donors (Lipinski definition) is 1. The number of carbonyl (C=O) groups is 2. The fraction of sp³-hybridized carbons (Fsp3) is 0.345. The summed E-state index contributed by atoms with van der Waals surface area (Å²) < 4.78 is 49.0. The predicted octanol–water partition coefficient (Wildman–Crippen LogP) is 4.03. The van der Waals surface area contributed by atoms with Crippen LogP contribution in [-0.2, 0) is 19.7 Å². The van der Waals surface area contributed by atoms with Crippen molar-refractivity contribution in [2.45, 2.75) is 51.5 Å². The van der Waals surface area contributed by atoms with Crippen molar-refractivity contribution < 1.29 is 27.5 Å². The highest BCUT2D eigenvalue weighted by molar-refractivity contribution is 5.99. The number of amides is 2. The molecule has 202 valence electrons. The number of halogens is 3. The Morgan fingerprint density at radius 2 is 1.77 bits per heavy atom. The molecule has 2 aliphatic heterocycles. The minimum absolute atomic E-state index is 0.000675. The molecule has 7 nitrogen and oxygen atoms in total. The molecule has 3 aromatic rings. The van der Waals surface area contributed by atoms with Gasteiger partial charge in [-0.15, -0.1) is 0 Å². The van der Waals surface area contributed by atoms with E-state index in [1.807, 2.05) is 35.2 Å². The van der Waals surface area contributed by atoms with Gasteiger partial charge < -0.3 is 19.5 Å². The molecule has 6 rings (SSSR count). The van der Waals surface area contributed by atoms with E-state index in [4.69, 9.17) is 4.74 Å². The number of pyridine rings is 1. The molecule has 39 heavy (non-hydrogen) atoms. The summed E-state index contributed by atoms with van der Waals surface area (Å²) >= 11 is 0. The normalized spacial score (nSPS) is 23.0. The lowest BCUT2D eigenvalue weighted by Gasteiger charge is -2.43. The average molecular weight is 538 g/mol. The first-order chi connectivity index (χ1) is 18.7. The Morgan fingerprint density at radius 3 is 2.49 bits per heavy atom. The van der Waals surface area contributed by atoms with Gasteiger partial charge in [0.1, 0.15) is 29.6 Å². The van der Waals surface area contributed by atoms with Crippen LogP contribution in [0.3, 0.4) is 0 Å². The van der Waals surface area contributed by atoms with Crippen LogP contribution in [0.4, 0.5) is 13.2 Å². The van der Waals surface area contributed by atoms with E-state index in [1.165, 1.54) is 6.20 Å². The summed E-state index contributed by atoms with van der Waals surface area (Å²) in [5.74, 6) is -4.12. The van der Waals surface area contributed by atoms with Gasteiger partial charge in [0.05, 0.1) is 6.04 Å². The third-order valence-electron chi connectivity index (χ3n) is 8.20. The number of aromatic nitrogens is 1. The molecule has 2 amide bonds. The van der Waals surface area contributed by atoms with Gasteiger partial charge in [0.2, 0.25) is 5.43 Å². The summed E-state index contributed by atoms with van der Waals surface area (Å²) in [5.41, 5.74) is -0.784. The summed E-state index contributed by atoms with van der Waals surface area (Å²) in [5, 5.41) is 2.35. The topological polar surface area (TPSA) is 80.6 Å². The number of nitrogens with one attached hydrogen (secondary N) is 1. The number of benzene rings is 2. The van der Waals surface area contributed by atoms with Crippen molar-refractivity contribution >= 4 is 11.8 Å². The predicted molar refractivity (Wildman–Crippen MR) is 135 cm³/mol. The highest BCUT2D eigenvalue weighted by Crippen LogP contribution is 2.48. The van der Waals surface area contributed by atoms with E-state index in [1.54, 1.807) is 4.57 Å². The van der Waals surface area contributed by atoms with Crippen LogP contribution in [0.25, 0.3) is 0 Å². The molecule has 1 saturated heterocycles. The Labute approximate surface area is 222 Å². The van der Waals surface area contributed by atoms with E-state index in [0.29, 0.717) is 30.5 Å². The molecule has 2 bridgehead atoms. The van der Waals surface area contributed by atoms with Crippen molar-refractivity contribution in [1.82, 2.24) is 14.8 Å². The van der Waals surface area contributed by atoms with E-state index in [0.717, 1.165) is 18.4 Å². The standard InChI is InChI=1S/C29H26F3N3O4/c1-15-7-17-8-23(15)35-24(17)13-34-12-20(28(37)33-11-19-21(31)9-18(30)10-22(19)32)26(36)27(25(34)29(35)38)39-14-16-5-3-2-4-6-16/h2-6,9-10,12,15,17,23-24H,7-8,11,13-14H2,1H3,(H,33,37)/t15-,17+,23+,24?/m0/s1. The molecule has 10 heteroatoms. The van der Waals surface area contributed by atoms with E-state index in [-0.39, 0.29) is 41.6 Å². The first kappa shape index (κ1) is 25.2. The van der Waals surface area contributed by atoms with Crippen LogP contribution >= 0.6 is 0 Å². The summed E-state index contributed by atoms with van der Waals surface area (Å²) in [7, 11) is 0. The first-order valence-corrected chi connectivity index (χ1v) is 12.9. The van der Waals surface area contributed by atoms with Crippen LogP contribution in [0.2, 0.25) is 0 Å². The van der Waals surface area contributed by atoms with E-state index >= 15 is 0 Å². The van der Waals surface area contributed by atoms with E-state index < -0.39 is 40.9 Å². The van der Waals surface area contributed by atoms with Crippen LogP contribution in [0.15, 0.2) is 53.5 Å². The van der Waals surface area contributed by atoms with Gasteiger partial charge in [-0.05, 0) is 30.2 Å². The second-order valence-corrected chi connectivity index (χ2v) is 10.6. The summed E-state index contributed by atoms with van der Waals surface area (Å²) in [6.45, 7) is 1.93. The molecule has 1 unspecified atom stereocenters. The van der Waals surface area contributed by atoms with Crippen LogP contribution < -0.4 is 15.5 Å². The zero-order valence-corrected chi connectivity index (χ0v) is 21.1. The number of fused-ring (bicyclic) bond motifs is 6. The monoisotopic (exact) mass is 537 g/mol. The molecule has 1 N–H and O–H groups in total. The van der Waals surface area contributed by atoms with Crippen molar-refractivity contribution in [2.75, 3.05) is 0 Å². The molecule has 3 heterocycles. The maximum absolute atomic E-state index is 14.1. The molecule has 2 aromatic carbocycles. The number of ether oxygens (including phenoxy) is 1. The fourth-order valence-electron chi connectivity index (χ4n) is 6.34. The van der Waals surface area contributed by atoms with E-state index in [9.17, 15) is 27.6 Å². The van der Waals surface area contributed by atoms with Gasteiger partial charge in [-0.3, -0.25) is 14.4 Å². The van der Waals surface area contributed by atoms with Gasteiger partial charge in [-0.1, -0.05) is 37.3 Å². The van der Waals surface area contributed by atoms with Crippen molar-refractivity contribution in [3.8, 4) is 5.75 Å². The second kappa shape index (κ2) is 9.59. The molecule has 0 spiro atoms. The van der Waals surface area contributed by atoms with Crippen LogP contribution in [0, 0.1) is 29.3 Å². The first-order valence-electron chi connectivity index (χ1n) is 12.9. The van der Waals surface area contributed by atoms with Gasteiger partial charge in [-0.25, -0.2) is 13.2 Å². The second-order valence-electron chi connectivity index (χ2n) is 10.6. The van der Waals surface area contributed by atoms with Crippen molar-refractivity contribution in [3.05, 3.63) is 98.7 Å². The Balaban J connectivity index is 1.36. The van der Waals surface area contributed by atoms with Gasteiger partial charge in [0, 0.05) is 43.0 Å². The zero-order chi connectivity index (χ0) is 27.4. The van der Waals surface area contributed by atoms with Gasteiger partial charge in [0.15, 0.2) is 11.4 Å². The molecule has 1 aliphatic carbocycles. The third kappa shape index (κ3) is 4.27. The van der Waals surface area contributed by atoms with Crippen LogP contribution in [0.5, 0.6) is 5.75 Å². The average Bonchev–Trinajstić information content (AvgIpc) is 3.45. The lowest BCUT2D eigenvalue weighted by atomic mass is 9.91. The minimum Gasteiger partial charge on any atom is -0.483 e. The molecular formula is C29H26F3N3O4. The third-order valence-corrected chi connectivity index (χ3v) is 8.20. The molecule has 4 atom stereocenters. The Bertz CT molecular complexity index is 1520. The number of piperidine rings is 1. The molecular weight excluding hydrogens is 511 g/mol. The quantitative estimate of drug-likeness (QED) is 0.515. The number of carbonyl (C=O) groups excluding carboxylic acids is 2. The molecule has 1 aromatic heterocycles. The summed E-state index contributed by atoms with van der Waals surface area (Å²) in [6.07, 6.45) is 3.23. The number of rotatable bonds is 6. The lowest BCUT2D eigenvalue weighted by molar-refractivity contribution is 0.0393. The maximum atomic E-state index is 14.1. The van der Waals surface area contributed by atoms with Gasteiger partial charge in [0.25, 0.3) is 11.8 Å². The van der Waals surface area contributed by atoms with Crippen molar-refractivity contribution in [2.24, 2.45) is 11.8 Å². The molecule has 1 saturated carbocycles. The van der Waals surface area contributed by atoms with Crippen LogP contribution in [0.1, 0.15) is 51.7 Å². The largest absolute Gasteiger partial charge is 0.483 e. The highest BCUT2D eigenvalue weighted by Gasteiger charge is 2.54. The SMILES string of the molecule is C[C@H]1C[C@@H]2C[C@H]1N1C(=O)c3c(OCc4ccccc4)c(=O)c(C(=O)NCc4c(F)cc(F)cc4F)cn3CC21. The smallest absolute Gasteiger partial charge is 0.275 e. The Kier molecular flexibility index (Phi) is 6.20. The summed E-state index contributed by atoms with van der Waals surface area (Å²) in [4.78, 5) is 42.4. The highest BCUT2D eigenvalue weighted by atomic mass is 19.1. The maximum Gasteiger partial charge on any atom is 0.275 e. The van der Waals surface area contributed by atoms with Crippen molar-refractivity contribution in [1.29, 1.82) is 0 Å². The molecule has 3 aliphatic rings. The van der Waals surface area contributed by atoms with Crippen LogP contribution in [-0.4, -0.2) is 33.4 Å².